The van der Waals surface area contributed by atoms with Crippen LogP contribution >= 0.6 is 0 Å². The summed E-state index contributed by atoms with van der Waals surface area (Å²) in [7, 11) is 0. The highest BCUT2D eigenvalue weighted by molar-refractivity contribution is 6.32. The predicted molar refractivity (Wildman–Crippen MR) is 77.3 cm³/mol. The molecule has 0 fully saturated rings. The number of phenolic OH excluding ortho intramolecular Hbond substituents is 1. The molecule has 0 saturated heterocycles. The van der Waals surface area contributed by atoms with E-state index >= 15 is 0 Å². The van der Waals surface area contributed by atoms with Crippen molar-refractivity contribution in [1.82, 2.24) is 0 Å². The predicted octanol–water partition coefficient (Wildman–Crippen LogP) is 2.64. The fraction of sp³-hybridized carbons (Fsp3) is 0.0588. The van der Waals surface area contributed by atoms with E-state index in [-0.39, 0.29) is 52.2 Å². The number of fused-ring (bicyclic) bond motifs is 5. The van der Waals surface area contributed by atoms with Crippen LogP contribution in [-0.4, -0.2) is 23.5 Å². The van der Waals surface area contributed by atoms with Crippen molar-refractivity contribution in [2.75, 3.05) is 6.79 Å². The molecular weight excluding hydrogens is 300 g/mol. The minimum atomic E-state index is -0.382. The highest BCUT2D eigenvalue weighted by Crippen LogP contribution is 2.49. The Morgan fingerprint density at radius 1 is 1.00 bits per heavy atom. The number of aromatic hydroxyl groups is 1. The summed E-state index contributed by atoms with van der Waals surface area (Å²) >= 11 is 0. The minimum absolute atomic E-state index is 0.0204. The molecule has 112 valence electrons. The van der Waals surface area contributed by atoms with Gasteiger partial charge in [-0.2, -0.15) is 0 Å². The first-order chi connectivity index (χ1) is 11.2. The Kier molecular flexibility index (Phi) is 2.09. The molecule has 2 heterocycles. The molecule has 1 aromatic heterocycles. The van der Waals surface area contributed by atoms with Crippen molar-refractivity contribution in [2.45, 2.75) is 0 Å². The van der Waals surface area contributed by atoms with Gasteiger partial charge in [-0.15, -0.1) is 0 Å². The van der Waals surface area contributed by atoms with Crippen LogP contribution in [0.3, 0.4) is 0 Å². The average Bonchev–Trinajstić information content (AvgIpc) is 3.17. The SMILES string of the molecule is O=C1c2ccccc2C(=O)c2c1oc1cc3c(c(O)c21)OCO3. The van der Waals surface area contributed by atoms with Crippen molar-refractivity contribution in [3.05, 3.63) is 52.8 Å². The third-order valence-corrected chi connectivity index (χ3v) is 4.14. The van der Waals surface area contributed by atoms with E-state index in [1.54, 1.807) is 24.3 Å². The van der Waals surface area contributed by atoms with Crippen LogP contribution in [-0.2, 0) is 0 Å². The number of hydrogen-bond donors (Lipinski definition) is 1. The summed E-state index contributed by atoms with van der Waals surface area (Å²) in [6.45, 7) is -0.0204. The lowest BCUT2D eigenvalue weighted by atomic mass is 9.87. The van der Waals surface area contributed by atoms with Crippen molar-refractivity contribution in [3.63, 3.8) is 0 Å². The Morgan fingerprint density at radius 3 is 2.52 bits per heavy atom. The Labute approximate surface area is 128 Å². The van der Waals surface area contributed by atoms with Gasteiger partial charge < -0.3 is 19.0 Å². The zero-order valence-corrected chi connectivity index (χ0v) is 11.6. The lowest BCUT2D eigenvalue weighted by Gasteiger charge is -2.12. The normalized spacial score (nSPS) is 15.0. The number of furan rings is 1. The van der Waals surface area contributed by atoms with E-state index in [9.17, 15) is 14.7 Å². The Balaban J connectivity index is 1.90. The van der Waals surface area contributed by atoms with E-state index in [4.69, 9.17) is 13.9 Å². The molecule has 2 aromatic carbocycles. The van der Waals surface area contributed by atoms with Gasteiger partial charge in [-0.25, -0.2) is 0 Å². The van der Waals surface area contributed by atoms with Gasteiger partial charge in [0.2, 0.25) is 18.3 Å². The van der Waals surface area contributed by atoms with E-state index in [0.717, 1.165) is 0 Å². The van der Waals surface area contributed by atoms with Crippen LogP contribution in [0.1, 0.15) is 32.0 Å². The number of phenols is 1. The Bertz CT molecular complexity index is 1040. The van der Waals surface area contributed by atoms with E-state index in [1.165, 1.54) is 6.07 Å². The molecule has 5 rings (SSSR count). The topological polar surface area (TPSA) is 86.0 Å². The van der Waals surface area contributed by atoms with Crippen LogP contribution in [0, 0.1) is 0 Å². The van der Waals surface area contributed by atoms with Gasteiger partial charge in [-0.3, -0.25) is 9.59 Å². The summed E-state index contributed by atoms with van der Waals surface area (Å²) in [6, 6.07) is 8.05. The zero-order chi connectivity index (χ0) is 15.7. The molecule has 2 aliphatic rings. The summed E-state index contributed by atoms with van der Waals surface area (Å²) < 4.78 is 16.0. The van der Waals surface area contributed by atoms with Crippen molar-refractivity contribution >= 4 is 22.5 Å². The van der Waals surface area contributed by atoms with E-state index in [0.29, 0.717) is 16.9 Å². The van der Waals surface area contributed by atoms with Crippen molar-refractivity contribution < 1.29 is 28.6 Å². The molecule has 6 heteroatoms. The molecule has 3 aromatic rings. The third-order valence-electron chi connectivity index (χ3n) is 4.14. The largest absolute Gasteiger partial charge is 0.504 e. The minimum Gasteiger partial charge on any atom is -0.504 e. The number of carbonyl (C=O) groups is 2. The van der Waals surface area contributed by atoms with Gasteiger partial charge in [0.05, 0.1) is 10.9 Å². The molecule has 0 bridgehead atoms. The number of carbonyl (C=O) groups excluding carboxylic acids is 2. The molecule has 0 spiro atoms. The van der Waals surface area contributed by atoms with Crippen molar-refractivity contribution in [3.8, 4) is 17.2 Å². The van der Waals surface area contributed by atoms with Crippen LogP contribution < -0.4 is 9.47 Å². The van der Waals surface area contributed by atoms with Gasteiger partial charge in [-0.05, 0) is 0 Å². The lowest BCUT2D eigenvalue weighted by molar-refractivity contribution is 0.0962. The summed E-state index contributed by atoms with van der Waals surface area (Å²) in [4.78, 5) is 25.4. The number of benzene rings is 2. The van der Waals surface area contributed by atoms with Crippen LogP contribution in [0.5, 0.6) is 17.2 Å². The second-order valence-corrected chi connectivity index (χ2v) is 5.34. The smallest absolute Gasteiger partial charge is 0.231 e. The monoisotopic (exact) mass is 308 g/mol. The summed E-state index contributed by atoms with van der Waals surface area (Å²) in [5.41, 5.74) is 0.874. The summed E-state index contributed by atoms with van der Waals surface area (Å²) in [6.07, 6.45) is 0. The first kappa shape index (κ1) is 12.3. The number of ketones is 2. The maximum atomic E-state index is 12.8. The van der Waals surface area contributed by atoms with Crippen molar-refractivity contribution in [2.24, 2.45) is 0 Å². The van der Waals surface area contributed by atoms with Gasteiger partial charge in [0.15, 0.2) is 23.0 Å². The summed E-state index contributed by atoms with van der Waals surface area (Å²) in [5.74, 6) is -0.585. The quantitative estimate of drug-likeness (QED) is 0.537. The Hall–Kier alpha value is -3.28. The number of rotatable bonds is 0. The van der Waals surface area contributed by atoms with Gasteiger partial charge >= 0.3 is 0 Å². The molecular formula is C17H8O6. The first-order valence-corrected chi connectivity index (χ1v) is 6.93. The van der Waals surface area contributed by atoms with Crippen LogP contribution in [0.4, 0.5) is 0 Å². The fourth-order valence-corrected chi connectivity index (χ4v) is 3.11. The maximum Gasteiger partial charge on any atom is 0.231 e. The Morgan fingerprint density at radius 2 is 1.74 bits per heavy atom. The average molecular weight is 308 g/mol. The lowest BCUT2D eigenvalue weighted by Crippen LogP contribution is -2.19. The van der Waals surface area contributed by atoms with Gasteiger partial charge in [0.1, 0.15) is 5.58 Å². The molecule has 1 aliphatic carbocycles. The summed E-state index contributed by atoms with van der Waals surface area (Å²) in [5, 5.41) is 10.6. The first-order valence-electron chi connectivity index (χ1n) is 6.93. The molecule has 6 nitrogen and oxygen atoms in total. The fourth-order valence-electron chi connectivity index (χ4n) is 3.11. The van der Waals surface area contributed by atoms with E-state index in [1.807, 2.05) is 0 Å². The van der Waals surface area contributed by atoms with Gasteiger partial charge in [0.25, 0.3) is 0 Å². The second kappa shape index (κ2) is 3.92. The molecule has 0 amide bonds. The highest BCUT2D eigenvalue weighted by Gasteiger charge is 2.37. The zero-order valence-electron chi connectivity index (χ0n) is 11.6. The van der Waals surface area contributed by atoms with Crippen LogP contribution in [0.2, 0.25) is 0 Å². The highest BCUT2D eigenvalue weighted by atomic mass is 16.7. The van der Waals surface area contributed by atoms with E-state index < -0.39 is 0 Å². The molecule has 0 radical (unpaired) electrons. The molecule has 23 heavy (non-hydrogen) atoms. The van der Waals surface area contributed by atoms with Gasteiger partial charge in [0, 0.05) is 17.2 Å². The number of ether oxygens (including phenoxy) is 2. The molecule has 0 unspecified atom stereocenters. The molecule has 1 N–H and O–H groups in total. The van der Waals surface area contributed by atoms with Crippen LogP contribution in [0.15, 0.2) is 34.7 Å². The molecule has 0 atom stereocenters. The van der Waals surface area contributed by atoms with Crippen LogP contribution in [0.25, 0.3) is 11.0 Å². The second-order valence-electron chi connectivity index (χ2n) is 5.34. The molecule has 0 saturated carbocycles. The third kappa shape index (κ3) is 1.37. The standard InChI is InChI=1S/C17H8O6/c18-13-7-3-1-2-4-8(7)14(19)17-12(13)11-9(23-17)5-10-16(15(11)20)22-6-21-10/h1-5,20H,6H2. The van der Waals surface area contributed by atoms with E-state index in [2.05, 4.69) is 0 Å². The van der Waals surface area contributed by atoms with Gasteiger partial charge in [-0.1, -0.05) is 24.3 Å². The molecule has 1 aliphatic heterocycles. The number of hydrogen-bond acceptors (Lipinski definition) is 6. The van der Waals surface area contributed by atoms with Crippen molar-refractivity contribution in [1.29, 1.82) is 0 Å². The maximum absolute atomic E-state index is 12.8.